The normalized spacial score (nSPS) is 44.8. The third-order valence-corrected chi connectivity index (χ3v) is 2.80. The number of hydrogen-bond acceptors (Lipinski definition) is 4. The quantitative estimate of drug-likeness (QED) is 0.548. The Morgan fingerprint density at radius 3 is 2.67 bits per heavy atom. The van der Waals surface area contributed by atoms with Crippen molar-refractivity contribution in [3.63, 3.8) is 0 Å². The third-order valence-electron chi connectivity index (χ3n) is 2.80. The molecule has 68 valence electrons. The number of carbonyl (C=O) groups excluding carboxylic acids is 1. The van der Waals surface area contributed by atoms with Gasteiger partial charge in [0, 0.05) is 6.04 Å². The molecule has 0 unspecified atom stereocenters. The number of esters is 1. The number of hydrogen-bond donors (Lipinski definition) is 1. The summed E-state index contributed by atoms with van der Waals surface area (Å²) in [6.45, 7) is 0. The molecule has 0 saturated carbocycles. The smallest absolute Gasteiger partial charge is 0.312 e. The van der Waals surface area contributed by atoms with Crippen LogP contribution in [0.3, 0.4) is 0 Å². The zero-order chi connectivity index (χ0) is 8.72. The lowest BCUT2D eigenvalue weighted by molar-refractivity contribution is -0.147. The Kier molecular flexibility index (Phi) is 1.81. The molecule has 2 aliphatic rings. The Morgan fingerprint density at radius 2 is 2.17 bits per heavy atom. The van der Waals surface area contributed by atoms with E-state index in [0.717, 1.165) is 12.8 Å². The Hall–Kier alpha value is -0.610. The summed E-state index contributed by atoms with van der Waals surface area (Å²) >= 11 is 0. The molecular weight excluding hydrogens is 158 g/mol. The highest BCUT2D eigenvalue weighted by atomic mass is 16.5. The molecule has 12 heavy (non-hydrogen) atoms. The van der Waals surface area contributed by atoms with Gasteiger partial charge in [-0.1, -0.05) is 0 Å². The molecule has 0 aromatic rings. The van der Waals surface area contributed by atoms with Gasteiger partial charge in [0.15, 0.2) is 0 Å². The Bertz CT molecular complexity index is 204. The molecule has 4 atom stereocenters. The van der Waals surface area contributed by atoms with Crippen molar-refractivity contribution in [2.24, 2.45) is 11.7 Å². The van der Waals surface area contributed by atoms with Crippen LogP contribution in [0.15, 0.2) is 0 Å². The fraction of sp³-hybridized carbons (Fsp3) is 0.875. The first-order chi connectivity index (χ1) is 5.74. The number of nitrogens with two attached hydrogens (primary N) is 1. The first-order valence-electron chi connectivity index (χ1n) is 4.23. The lowest BCUT2D eigenvalue weighted by Crippen LogP contribution is -2.44. The van der Waals surface area contributed by atoms with Crippen molar-refractivity contribution in [1.82, 2.24) is 0 Å². The van der Waals surface area contributed by atoms with Crippen LogP contribution in [-0.2, 0) is 14.3 Å². The predicted molar refractivity (Wildman–Crippen MR) is 41.4 cm³/mol. The van der Waals surface area contributed by atoms with Crippen molar-refractivity contribution in [2.45, 2.75) is 31.1 Å². The molecule has 4 heteroatoms. The van der Waals surface area contributed by atoms with Crippen LogP contribution in [0.25, 0.3) is 0 Å². The van der Waals surface area contributed by atoms with Crippen LogP contribution in [0, 0.1) is 5.92 Å². The van der Waals surface area contributed by atoms with Gasteiger partial charge < -0.3 is 15.2 Å². The number of carbonyl (C=O) groups is 1. The van der Waals surface area contributed by atoms with Gasteiger partial charge in [-0.2, -0.15) is 0 Å². The first kappa shape index (κ1) is 8.01. The molecule has 0 aromatic carbocycles. The van der Waals surface area contributed by atoms with E-state index in [4.69, 9.17) is 10.5 Å². The molecule has 2 rings (SSSR count). The summed E-state index contributed by atoms with van der Waals surface area (Å²) in [6.07, 6.45) is 2.02. The minimum Gasteiger partial charge on any atom is -0.469 e. The highest BCUT2D eigenvalue weighted by molar-refractivity contribution is 5.74. The zero-order valence-electron chi connectivity index (χ0n) is 7.03. The van der Waals surface area contributed by atoms with Gasteiger partial charge in [0.25, 0.3) is 0 Å². The van der Waals surface area contributed by atoms with Crippen LogP contribution in [-0.4, -0.2) is 31.3 Å². The number of ether oxygens (including phenoxy) is 2. The SMILES string of the molecule is COC(=O)[C@@H]1[C@H](N)[C@H]2CC[C@@H]1O2. The third kappa shape index (κ3) is 0.949. The summed E-state index contributed by atoms with van der Waals surface area (Å²) in [4.78, 5) is 11.2. The summed E-state index contributed by atoms with van der Waals surface area (Å²) in [5, 5.41) is 0. The summed E-state index contributed by atoms with van der Waals surface area (Å²) in [5.74, 6) is -0.455. The largest absolute Gasteiger partial charge is 0.469 e. The fourth-order valence-electron chi connectivity index (χ4n) is 2.16. The van der Waals surface area contributed by atoms with Crippen molar-refractivity contribution in [2.75, 3.05) is 7.11 Å². The maximum absolute atomic E-state index is 11.2. The molecule has 2 aliphatic heterocycles. The van der Waals surface area contributed by atoms with Gasteiger partial charge in [0.05, 0.1) is 19.3 Å². The molecule has 0 radical (unpaired) electrons. The molecule has 0 amide bonds. The summed E-state index contributed by atoms with van der Waals surface area (Å²) in [6, 6.07) is -0.156. The second kappa shape index (κ2) is 2.71. The average Bonchev–Trinajstić information content (AvgIpc) is 2.63. The van der Waals surface area contributed by atoms with Crippen LogP contribution in [0.1, 0.15) is 12.8 Å². The van der Waals surface area contributed by atoms with Crippen LogP contribution in [0.4, 0.5) is 0 Å². The summed E-state index contributed by atoms with van der Waals surface area (Å²) < 4.78 is 10.2. The Labute approximate surface area is 71.0 Å². The van der Waals surface area contributed by atoms with Crippen molar-refractivity contribution < 1.29 is 14.3 Å². The molecule has 0 spiro atoms. The minimum absolute atomic E-state index is 0.0115. The maximum Gasteiger partial charge on any atom is 0.312 e. The van der Waals surface area contributed by atoms with Crippen LogP contribution >= 0.6 is 0 Å². The van der Waals surface area contributed by atoms with Crippen molar-refractivity contribution in [1.29, 1.82) is 0 Å². The van der Waals surface area contributed by atoms with E-state index in [-0.39, 0.29) is 30.1 Å². The lowest BCUT2D eigenvalue weighted by Gasteiger charge is -2.21. The van der Waals surface area contributed by atoms with Crippen molar-refractivity contribution in [3.05, 3.63) is 0 Å². The van der Waals surface area contributed by atoms with Gasteiger partial charge >= 0.3 is 5.97 Å². The average molecular weight is 171 g/mol. The predicted octanol–water partition coefficient (Wildman–Crippen LogP) is -0.336. The topological polar surface area (TPSA) is 61.5 Å². The molecule has 2 bridgehead atoms. The van der Waals surface area contributed by atoms with Gasteiger partial charge in [-0.3, -0.25) is 4.79 Å². The van der Waals surface area contributed by atoms with E-state index in [9.17, 15) is 4.79 Å². The highest BCUT2D eigenvalue weighted by Crippen LogP contribution is 2.38. The second-order valence-electron chi connectivity index (χ2n) is 3.42. The zero-order valence-corrected chi connectivity index (χ0v) is 7.03. The first-order valence-corrected chi connectivity index (χ1v) is 4.23. The van der Waals surface area contributed by atoms with Gasteiger partial charge in [0.2, 0.25) is 0 Å². The molecule has 0 aromatic heterocycles. The van der Waals surface area contributed by atoms with E-state index in [0.29, 0.717) is 0 Å². The van der Waals surface area contributed by atoms with Crippen LogP contribution in [0.2, 0.25) is 0 Å². The number of rotatable bonds is 1. The van der Waals surface area contributed by atoms with E-state index in [1.165, 1.54) is 7.11 Å². The van der Waals surface area contributed by atoms with Gasteiger partial charge in [-0.15, -0.1) is 0 Å². The Balaban J connectivity index is 2.12. The van der Waals surface area contributed by atoms with Gasteiger partial charge in [0.1, 0.15) is 5.92 Å². The van der Waals surface area contributed by atoms with E-state index in [1.807, 2.05) is 0 Å². The number of fused-ring (bicyclic) bond motifs is 2. The Morgan fingerprint density at radius 1 is 1.50 bits per heavy atom. The van der Waals surface area contributed by atoms with E-state index in [1.54, 1.807) is 0 Å². The molecule has 2 N–H and O–H groups in total. The van der Waals surface area contributed by atoms with E-state index in [2.05, 4.69) is 4.74 Å². The molecule has 0 aliphatic carbocycles. The monoisotopic (exact) mass is 171 g/mol. The van der Waals surface area contributed by atoms with Gasteiger partial charge in [-0.05, 0) is 12.8 Å². The highest BCUT2D eigenvalue weighted by Gasteiger charge is 2.51. The van der Waals surface area contributed by atoms with E-state index < -0.39 is 0 Å². The van der Waals surface area contributed by atoms with E-state index >= 15 is 0 Å². The molecule has 4 nitrogen and oxygen atoms in total. The summed E-state index contributed by atoms with van der Waals surface area (Å²) in [5.41, 5.74) is 5.81. The fourth-order valence-corrected chi connectivity index (χ4v) is 2.16. The van der Waals surface area contributed by atoms with Crippen LogP contribution in [0.5, 0.6) is 0 Å². The van der Waals surface area contributed by atoms with Crippen LogP contribution < -0.4 is 5.73 Å². The minimum atomic E-state index is -0.228. The number of methoxy groups -OCH3 is 1. The molecule has 2 heterocycles. The summed E-state index contributed by atoms with van der Waals surface area (Å²) in [7, 11) is 1.39. The van der Waals surface area contributed by atoms with Crippen molar-refractivity contribution in [3.8, 4) is 0 Å². The molecule has 2 saturated heterocycles. The van der Waals surface area contributed by atoms with Crippen molar-refractivity contribution >= 4 is 5.97 Å². The molecular formula is C8H13NO3. The standard InChI is InChI=1S/C8H13NO3/c1-11-8(10)6-4-2-3-5(12-4)7(6)9/h4-7H,2-3,9H2,1H3/t4-,5+,6-,7+/m0/s1. The molecule has 2 fully saturated rings. The van der Waals surface area contributed by atoms with Gasteiger partial charge in [-0.25, -0.2) is 0 Å². The maximum atomic E-state index is 11.2. The lowest BCUT2D eigenvalue weighted by atomic mass is 9.85. The second-order valence-corrected chi connectivity index (χ2v) is 3.42.